The fourth-order valence-corrected chi connectivity index (χ4v) is 3.25. The first-order valence-electron chi connectivity index (χ1n) is 8.66. The van der Waals surface area contributed by atoms with Gasteiger partial charge in [0, 0.05) is 37.8 Å². The number of nitrogens with zero attached hydrogens (tertiary/aromatic N) is 2. The van der Waals surface area contributed by atoms with Crippen LogP contribution >= 0.6 is 0 Å². The van der Waals surface area contributed by atoms with E-state index in [0.29, 0.717) is 18.7 Å². The number of Topliss-reactive ketones (excluding diaryl/α,β-unsaturated/α-hetero) is 1. The maximum absolute atomic E-state index is 12.7. The van der Waals surface area contributed by atoms with E-state index in [1.165, 1.54) is 6.92 Å². The Morgan fingerprint density at radius 1 is 1.08 bits per heavy atom. The van der Waals surface area contributed by atoms with Gasteiger partial charge in [-0.05, 0) is 36.8 Å². The summed E-state index contributed by atoms with van der Waals surface area (Å²) >= 11 is 0. The van der Waals surface area contributed by atoms with E-state index in [1.807, 2.05) is 30.3 Å². The van der Waals surface area contributed by atoms with Crippen LogP contribution in [-0.4, -0.2) is 36.1 Å². The van der Waals surface area contributed by atoms with Gasteiger partial charge in [-0.3, -0.25) is 14.4 Å². The molecule has 1 saturated heterocycles. The van der Waals surface area contributed by atoms with E-state index < -0.39 is 0 Å². The first-order valence-corrected chi connectivity index (χ1v) is 8.66. The van der Waals surface area contributed by atoms with Crippen LogP contribution in [0.2, 0.25) is 0 Å². The topological polar surface area (TPSA) is 57.7 Å². The molecule has 5 heteroatoms. The Kier molecular flexibility index (Phi) is 5.16. The number of benzene rings is 2. The van der Waals surface area contributed by atoms with Crippen LogP contribution in [0.5, 0.6) is 0 Å². The van der Waals surface area contributed by atoms with Crippen molar-refractivity contribution in [1.29, 1.82) is 0 Å². The molecular formula is C21H22N2O3. The summed E-state index contributed by atoms with van der Waals surface area (Å²) in [6.45, 7) is 2.40. The van der Waals surface area contributed by atoms with Gasteiger partial charge in [0.15, 0.2) is 5.78 Å². The fourth-order valence-electron chi connectivity index (χ4n) is 3.25. The van der Waals surface area contributed by atoms with E-state index in [9.17, 15) is 14.4 Å². The van der Waals surface area contributed by atoms with Gasteiger partial charge in [0.05, 0.1) is 5.92 Å². The van der Waals surface area contributed by atoms with E-state index in [-0.39, 0.29) is 29.9 Å². The Bertz CT molecular complexity index is 815. The fraction of sp³-hybridized carbons (Fsp3) is 0.286. The number of carbonyl (C=O) groups is 3. The first-order chi connectivity index (χ1) is 12.5. The van der Waals surface area contributed by atoms with E-state index in [0.717, 1.165) is 11.3 Å². The van der Waals surface area contributed by atoms with Crippen molar-refractivity contribution >= 4 is 23.3 Å². The number of rotatable bonds is 5. The molecule has 2 aromatic carbocycles. The summed E-state index contributed by atoms with van der Waals surface area (Å²) in [7, 11) is 1.77. The maximum Gasteiger partial charge on any atom is 0.228 e. The molecule has 0 aromatic heterocycles. The van der Waals surface area contributed by atoms with Gasteiger partial charge >= 0.3 is 0 Å². The number of amides is 2. The van der Waals surface area contributed by atoms with E-state index >= 15 is 0 Å². The van der Waals surface area contributed by atoms with Crippen molar-refractivity contribution in [2.45, 2.75) is 19.9 Å². The summed E-state index contributed by atoms with van der Waals surface area (Å²) < 4.78 is 0. The zero-order valence-electron chi connectivity index (χ0n) is 15.0. The summed E-state index contributed by atoms with van der Waals surface area (Å²) in [5.74, 6) is -0.444. The lowest BCUT2D eigenvalue weighted by atomic mass is 10.1. The van der Waals surface area contributed by atoms with Crippen LogP contribution in [0.25, 0.3) is 0 Å². The minimum atomic E-state index is -0.344. The molecule has 1 atom stereocenters. The Labute approximate surface area is 153 Å². The van der Waals surface area contributed by atoms with Crippen LogP contribution in [0.4, 0.5) is 5.69 Å². The van der Waals surface area contributed by atoms with Crippen molar-refractivity contribution in [2.75, 3.05) is 18.5 Å². The average Bonchev–Trinajstić information content (AvgIpc) is 3.03. The highest BCUT2D eigenvalue weighted by molar-refractivity contribution is 6.01. The normalized spacial score (nSPS) is 16.6. The van der Waals surface area contributed by atoms with Crippen LogP contribution in [0.3, 0.4) is 0 Å². The third-order valence-electron chi connectivity index (χ3n) is 4.70. The molecular weight excluding hydrogens is 328 g/mol. The van der Waals surface area contributed by atoms with Crippen LogP contribution in [0, 0.1) is 5.92 Å². The van der Waals surface area contributed by atoms with Crippen LogP contribution < -0.4 is 4.90 Å². The molecule has 1 heterocycles. The Morgan fingerprint density at radius 2 is 1.73 bits per heavy atom. The quantitative estimate of drug-likeness (QED) is 0.779. The molecule has 0 spiro atoms. The largest absolute Gasteiger partial charge is 0.341 e. The second-order valence-corrected chi connectivity index (χ2v) is 6.69. The number of hydrogen-bond acceptors (Lipinski definition) is 3. The molecule has 0 saturated carbocycles. The zero-order chi connectivity index (χ0) is 18.7. The lowest BCUT2D eigenvalue weighted by Gasteiger charge is -2.21. The minimum absolute atomic E-state index is 0.0140. The van der Waals surface area contributed by atoms with E-state index in [1.54, 1.807) is 41.1 Å². The van der Waals surface area contributed by atoms with Crippen molar-refractivity contribution in [2.24, 2.45) is 5.92 Å². The molecule has 0 N–H and O–H groups in total. The molecule has 0 aliphatic carbocycles. The van der Waals surface area contributed by atoms with Crippen molar-refractivity contribution in [3.63, 3.8) is 0 Å². The lowest BCUT2D eigenvalue weighted by Crippen LogP contribution is -2.34. The van der Waals surface area contributed by atoms with Crippen LogP contribution in [-0.2, 0) is 16.1 Å². The van der Waals surface area contributed by atoms with Gasteiger partial charge in [-0.2, -0.15) is 0 Å². The molecule has 2 aromatic rings. The van der Waals surface area contributed by atoms with Gasteiger partial charge in [-0.1, -0.05) is 30.3 Å². The highest BCUT2D eigenvalue weighted by atomic mass is 16.2. The van der Waals surface area contributed by atoms with Crippen LogP contribution in [0.15, 0.2) is 54.6 Å². The molecule has 5 nitrogen and oxygen atoms in total. The van der Waals surface area contributed by atoms with Gasteiger partial charge < -0.3 is 9.80 Å². The number of ketones is 1. The van der Waals surface area contributed by atoms with E-state index in [4.69, 9.17) is 0 Å². The van der Waals surface area contributed by atoms with Gasteiger partial charge in [0.2, 0.25) is 11.8 Å². The first kappa shape index (κ1) is 17.9. The number of hydrogen-bond donors (Lipinski definition) is 0. The predicted octanol–water partition coefficient (Wildman–Crippen LogP) is 2.90. The average molecular weight is 350 g/mol. The number of carbonyl (C=O) groups excluding carboxylic acids is 3. The Morgan fingerprint density at radius 3 is 2.35 bits per heavy atom. The smallest absolute Gasteiger partial charge is 0.228 e. The summed E-state index contributed by atoms with van der Waals surface area (Å²) in [5, 5.41) is 0. The van der Waals surface area contributed by atoms with Gasteiger partial charge in [-0.15, -0.1) is 0 Å². The van der Waals surface area contributed by atoms with Crippen molar-refractivity contribution in [3.05, 3.63) is 65.7 Å². The summed E-state index contributed by atoms with van der Waals surface area (Å²) in [6, 6.07) is 16.7. The van der Waals surface area contributed by atoms with E-state index in [2.05, 4.69) is 0 Å². The molecule has 1 aliphatic heterocycles. The van der Waals surface area contributed by atoms with Gasteiger partial charge in [-0.25, -0.2) is 0 Å². The maximum atomic E-state index is 12.7. The standard InChI is InChI=1S/C21H22N2O3/c1-15(24)17-8-10-19(11-9-17)23-14-18(12-20(23)25)21(26)22(2)13-16-6-4-3-5-7-16/h3-11,18H,12-14H2,1-2H3. The molecule has 1 aliphatic rings. The Hall–Kier alpha value is -2.95. The van der Waals surface area contributed by atoms with Gasteiger partial charge in [0.25, 0.3) is 0 Å². The van der Waals surface area contributed by atoms with Gasteiger partial charge in [0.1, 0.15) is 0 Å². The molecule has 26 heavy (non-hydrogen) atoms. The molecule has 0 radical (unpaired) electrons. The summed E-state index contributed by atoms with van der Waals surface area (Å²) in [6.07, 6.45) is 0.215. The molecule has 1 unspecified atom stereocenters. The second kappa shape index (κ2) is 7.52. The second-order valence-electron chi connectivity index (χ2n) is 6.69. The molecule has 2 amide bonds. The minimum Gasteiger partial charge on any atom is -0.341 e. The lowest BCUT2D eigenvalue weighted by molar-refractivity contribution is -0.135. The summed E-state index contributed by atoms with van der Waals surface area (Å²) in [5.41, 5.74) is 2.39. The zero-order valence-corrected chi connectivity index (χ0v) is 15.0. The molecule has 0 bridgehead atoms. The monoisotopic (exact) mass is 350 g/mol. The Balaban J connectivity index is 1.66. The molecule has 3 rings (SSSR count). The third kappa shape index (κ3) is 3.82. The highest BCUT2D eigenvalue weighted by Crippen LogP contribution is 2.27. The highest BCUT2D eigenvalue weighted by Gasteiger charge is 2.36. The van der Waals surface area contributed by atoms with Crippen LogP contribution in [0.1, 0.15) is 29.3 Å². The van der Waals surface area contributed by atoms with Crippen molar-refractivity contribution in [3.8, 4) is 0 Å². The summed E-state index contributed by atoms with van der Waals surface area (Å²) in [4.78, 5) is 39.8. The molecule has 1 fully saturated rings. The third-order valence-corrected chi connectivity index (χ3v) is 4.70. The SMILES string of the molecule is CC(=O)c1ccc(N2CC(C(=O)N(C)Cc3ccccc3)CC2=O)cc1. The number of anilines is 1. The van der Waals surface area contributed by atoms with Crippen molar-refractivity contribution < 1.29 is 14.4 Å². The van der Waals surface area contributed by atoms with Crippen molar-refractivity contribution in [1.82, 2.24) is 4.90 Å². The molecule has 134 valence electrons. The predicted molar refractivity (Wildman–Crippen MR) is 99.8 cm³/mol.